The number of hydrogen-bond donors (Lipinski definition) is 2. The van der Waals surface area contributed by atoms with E-state index in [4.69, 9.17) is 4.74 Å². The SMILES string of the molecule is CC(C)(C)C(=O)OC[C@H]1C=C[C@@H](N2C=C=CCc3c(NC(=O)c4ccccc4)ncnc32)[C@H](F)[C@@H]1O. The van der Waals surface area contributed by atoms with Crippen LogP contribution >= 0.6 is 0 Å². The predicted octanol–water partition coefficient (Wildman–Crippen LogP) is 3.60. The molecule has 1 aromatic carbocycles. The average Bonchev–Trinajstić information content (AvgIpc) is 3.08. The van der Waals surface area contributed by atoms with Crippen LogP contribution in [0.2, 0.25) is 0 Å². The number of amides is 1. The lowest BCUT2D eigenvalue weighted by atomic mass is 9.87. The van der Waals surface area contributed by atoms with Crippen molar-refractivity contribution in [2.75, 3.05) is 16.8 Å². The summed E-state index contributed by atoms with van der Waals surface area (Å²) >= 11 is 0. The monoisotopic (exact) mass is 492 g/mol. The standard InChI is InChI=1S/C27H29FN4O4/c1-27(2,3)26(35)36-15-18-12-13-20(21(28)22(18)33)32-14-8-7-11-19-23(29-16-30-24(19)32)31-25(34)17-9-5-4-6-10-17/h4-7,9-10,12-14,16,18,20-22,33H,11,15H2,1-3H3,(H,29,30,31,34)/t18-,20-,21+,22-/m1/s1. The molecule has 0 fully saturated rings. The van der Waals surface area contributed by atoms with Crippen LogP contribution in [-0.2, 0) is 16.0 Å². The van der Waals surface area contributed by atoms with Gasteiger partial charge in [-0.3, -0.25) is 9.59 Å². The van der Waals surface area contributed by atoms with E-state index in [1.807, 2.05) is 6.07 Å². The zero-order chi connectivity index (χ0) is 25.9. The molecule has 0 radical (unpaired) electrons. The van der Waals surface area contributed by atoms with Crippen LogP contribution in [0.25, 0.3) is 0 Å². The summed E-state index contributed by atoms with van der Waals surface area (Å²) in [5, 5.41) is 13.5. The molecule has 0 spiro atoms. The van der Waals surface area contributed by atoms with Gasteiger partial charge in [0.2, 0.25) is 0 Å². The Morgan fingerprint density at radius 3 is 2.69 bits per heavy atom. The van der Waals surface area contributed by atoms with Crippen molar-refractivity contribution < 1.29 is 23.8 Å². The molecule has 0 unspecified atom stereocenters. The molecule has 1 aliphatic carbocycles. The molecular weight excluding hydrogens is 463 g/mol. The number of allylic oxidation sites excluding steroid dienone is 1. The Morgan fingerprint density at radius 1 is 1.22 bits per heavy atom. The zero-order valence-corrected chi connectivity index (χ0v) is 20.4. The Bertz CT molecular complexity index is 1220. The normalized spacial score (nSPS) is 23.1. The van der Waals surface area contributed by atoms with Crippen LogP contribution in [0.15, 0.2) is 66.8 Å². The largest absolute Gasteiger partial charge is 0.465 e. The fourth-order valence-electron chi connectivity index (χ4n) is 3.98. The van der Waals surface area contributed by atoms with Crippen LogP contribution in [0.4, 0.5) is 16.0 Å². The summed E-state index contributed by atoms with van der Waals surface area (Å²) in [5.74, 6) is -0.712. The van der Waals surface area contributed by atoms with Crippen molar-refractivity contribution >= 4 is 23.5 Å². The van der Waals surface area contributed by atoms with Gasteiger partial charge in [-0.15, -0.1) is 5.73 Å². The fraction of sp³-hybridized carbons (Fsp3) is 0.370. The Labute approximate surface area is 209 Å². The number of rotatable bonds is 5. The van der Waals surface area contributed by atoms with Gasteiger partial charge >= 0.3 is 5.97 Å². The third-order valence-electron chi connectivity index (χ3n) is 6.06. The molecule has 1 aromatic heterocycles. The van der Waals surface area contributed by atoms with Crippen molar-refractivity contribution in [3.63, 3.8) is 0 Å². The molecule has 188 valence electrons. The first-order valence-corrected chi connectivity index (χ1v) is 11.7. The van der Waals surface area contributed by atoms with Gasteiger partial charge in [-0.2, -0.15) is 0 Å². The van der Waals surface area contributed by atoms with Crippen molar-refractivity contribution in [1.82, 2.24) is 9.97 Å². The number of aromatic nitrogens is 2. The number of aliphatic hydroxyl groups is 1. The second kappa shape index (κ2) is 10.4. The number of carbonyl (C=O) groups is 2. The van der Waals surface area contributed by atoms with E-state index >= 15 is 4.39 Å². The Balaban J connectivity index is 1.57. The van der Waals surface area contributed by atoms with Crippen molar-refractivity contribution in [1.29, 1.82) is 0 Å². The minimum Gasteiger partial charge on any atom is -0.465 e. The third-order valence-corrected chi connectivity index (χ3v) is 6.06. The molecule has 0 saturated carbocycles. The molecule has 2 aliphatic rings. The van der Waals surface area contributed by atoms with E-state index in [1.165, 1.54) is 6.33 Å². The first-order valence-electron chi connectivity index (χ1n) is 11.7. The molecule has 0 bridgehead atoms. The Hall–Kier alpha value is -3.81. The number of fused-ring (bicyclic) bond motifs is 1. The van der Waals surface area contributed by atoms with Crippen LogP contribution in [0.1, 0.15) is 36.7 Å². The molecule has 2 heterocycles. The highest BCUT2D eigenvalue weighted by molar-refractivity contribution is 6.04. The van der Waals surface area contributed by atoms with Gasteiger partial charge in [-0.25, -0.2) is 14.4 Å². The number of aliphatic hydroxyl groups excluding tert-OH is 1. The predicted molar refractivity (Wildman–Crippen MR) is 133 cm³/mol. The van der Waals surface area contributed by atoms with Crippen LogP contribution in [0.3, 0.4) is 0 Å². The second-order valence-electron chi connectivity index (χ2n) is 9.78. The lowest BCUT2D eigenvalue weighted by molar-refractivity contribution is -0.155. The van der Waals surface area contributed by atoms with Crippen LogP contribution in [0, 0.1) is 11.3 Å². The van der Waals surface area contributed by atoms with Gasteiger partial charge in [0.15, 0.2) is 6.17 Å². The maximum absolute atomic E-state index is 15.5. The molecule has 2 N–H and O–H groups in total. The summed E-state index contributed by atoms with van der Waals surface area (Å²) in [6.45, 7) is 5.06. The molecule has 8 nitrogen and oxygen atoms in total. The minimum atomic E-state index is -1.70. The number of ether oxygens (including phenoxy) is 1. The van der Waals surface area contributed by atoms with E-state index in [1.54, 1.807) is 74.4 Å². The van der Waals surface area contributed by atoms with Gasteiger partial charge in [0.25, 0.3) is 5.91 Å². The van der Waals surface area contributed by atoms with Crippen molar-refractivity contribution in [3.05, 3.63) is 77.9 Å². The van der Waals surface area contributed by atoms with E-state index in [0.29, 0.717) is 29.2 Å². The number of anilines is 2. The zero-order valence-electron chi connectivity index (χ0n) is 20.4. The summed E-state index contributed by atoms with van der Waals surface area (Å²) in [6.07, 6.45) is 5.17. The summed E-state index contributed by atoms with van der Waals surface area (Å²) in [6, 6.07) is 7.85. The Morgan fingerprint density at radius 2 is 1.97 bits per heavy atom. The maximum atomic E-state index is 15.5. The minimum absolute atomic E-state index is 0.120. The number of nitrogens with zero attached hydrogens (tertiary/aromatic N) is 3. The van der Waals surface area contributed by atoms with Crippen LogP contribution in [0.5, 0.6) is 0 Å². The highest BCUT2D eigenvalue weighted by Gasteiger charge is 2.40. The Kier molecular flexibility index (Phi) is 7.33. The van der Waals surface area contributed by atoms with E-state index in [2.05, 4.69) is 21.0 Å². The van der Waals surface area contributed by atoms with Gasteiger partial charge in [-0.1, -0.05) is 30.4 Å². The molecule has 9 heteroatoms. The maximum Gasteiger partial charge on any atom is 0.311 e. The van der Waals surface area contributed by atoms with E-state index in [9.17, 15) is 14.7 Å². The highest BCUT2D eigenvalue weighted by Crippen LogP contribution is 2.33. The summed E-state index contributed by atoms with van der Waals surface area (Å²) in [7, 11) is 0. The third kappa shape index (κ3) is 5.37. The van der Waals surface area contributed by atoms with Crippen molar-refractivity contribution in [3.8, 4) is 0 Å². The van der Waals surface area contributed by atoms with Crippen LogP contribution < -0.4 is 10.2 Å². The number of esters is 1. The van der Waals surface area contributed by atoms with E-state index in [-0.39, 0.29) is 12.5 Å². The first-order chi connectivity index (χ1) is 17.2. The van der Waals surface area contributed by atoms with E-state index in [0.717, 1.165) is 0 Å². The summed E-state index contributed by atoms with van der Waals surface area (Å²) < 4.78 is 20.8. The molecule has 36 heavy (non-hydrogen) atoms. The second-order valence-corrected chi connectivity index (χ2v) is 9.78. The molecule has 1 aliphatic heterocycles. The highest BCUT2D eigenvalue weighted by atomic mass is 19.1. The number of carbonyl (C=O) groups excluding carboxylic acids is 2. The van der Waals surface area contributed by atoms with Gasteiger partial charge in [0.05, 0.1) is 17.6 Å². The van der Waals surface area contributed by atoms with Gasteiger partial charge < -0.3 is 20.1 Å². The molecular formula is C27H29FN4O4. The lowest BCUT2D eigenvalue weighted by Crippen LogP contribution is -2.49. The quantitative estimate of drug-likeness (QED) is 0.373. The van der Waals surface area contributed by atoms with E-state index < -0.39 is 35.6 Å². The molecule has 4 atom stereocenters. The topological polar surface area (TPSA) is 105 Å². The van der Waals surface area contributed by atoms with Crippen molar-refractivity contribution in [2.45, 2.75) is 45.5 Å². The molecule has 1 amide bonds. The number of hydrogen-bond acceptors (Lipinski definition) is 7. The van der Waals surface area contributed by atoms with Gasteiger partial charge in [-0.05, 0) is 39.0 Å². The number of nitrogens with one attached hydrogen (secondary N) is 1. The summed E-state index contributed by atoms with van der Waals surface area (Å²) in [5.41, 5.74) is 3.38. The average molecular weight is 493 g/mol. The molecule has 2 aromatic rings. The lowest BCUT2D eigenvalue weighted by Gasteiger charge is -2.37. The first kappa shape index (κ1) is 25.3. The fourth-order valence-corrected chi connectivity index (χ4v) is 3.98. The molecule has 0 saturated heterocycles. The van der Waals surface area contributed by atoms with Crippen LogP contribution in [-0.4, -0.2) is 51.9 Å². The van der Waals surface area contributed by atoms with Gasteiger partial charge in [0, 0.05) is 29.7 Å². The smallest absolute Gasteiger partial charge is 0.311 e. The van der Waals surface area contributed by atoms with Crippen molar-refractivity contribution in [2.24, 2.45) is 11.3 Å². The number of benzene rings is 1. The summed E-state index contributed by atoms with van der Waals surface area (Å²) in [4.78, 5) is 35.0. The van der Waals surface area contributed by atoms with Gasteiger partial charge in [0.1, 0.15) is 24.6 Å². The number of halogens is 1. The number of alkyl halides is 1. The molecule has 4 rings (SSSR count).